The van der Waals surface area contributed by atoms with Gasteiger partial charge in [0.15, 0.2) is 11.5 Å². The third-order valence-electron chi connectivity index (χ3n) is 5.86. The summed E-state index contributed by atoms with van der Waals surface area (Å²) >= 11 is 0. The lowest BCUT2D eigenvalue weighted by Gasteiger charge is -2.35. The number of hydrogen-bond donors (Lipinski definition) is 1. The Labute approximate surface area is 185 Å². The van der Waals surface area contributed by atoms with Crippen molar-refractivity contribution in [2.24, 2.45) is 11.3 Å². The van der Waals surface area contributed by atoms with Crippen LogP contribution in [-0.4, -0.2) is 56.2 Å². The van der Waals surface area contributed by atoms with Crippen LogP contribution in [0, 0.1) is 11.3 Å². The molecular weight excluding hydrogens is 396 g/mol. The molecule has 1 N–H and O–H groups in total. The standard InChI is InChI=1S/C24H36N2O5/c1-24(2,3)23(28)26-11-5-7-18(15-26)22(27)25-14-17-9-10-20(21(13-17)29-4)31-16-19-8-6-12-30-19/h9-10,13,18-19H,5-8,11-12,14-16H2,1-4H3,(H,25,27). The fourth-order valence-electron chi connectivity index (χ4n) is 4.08. The number of carbonyl (C=O) groups is 2. The highest BCUT2D eigenvalue weighted by atomic mass is 16.5. The quantitative estimate of drug-likeness (QED) is 0.716. The Morgan fingerprint density at radius 1 is 1.19 bits per heavy atom. The molecule has 0 aliphatic carbocycles. The highest BCUT2D eigenvalue weighted by Crippen LogP contribution is 2.29. The first-order chi connectivity index (χ1) is 14.8. The van der Waals surface area contributed by atoms with Crippen molar-refractivity contribution in [3.8, 4) is 11.5 Å². The van der Waals surface area contributed by atoms with Gasteiger partial charge in [-0.05, 0) is 43.4 Å². The molecule has 172 valence electrons. The number of ether oxygens (including phenoxy) is 3. The van der Waals surface area contributed by atoms with Crippen molar-refractivity contribution in [2.45, 2.75) is 59.1 Å². The molecule has 2 heterocycles. The van der Waals surface area contributed by atoms with Gasteiger partial charge in [0, 0.05) is 31.7 Å². The summed E-state index contributed by atoms with van der Waals surface area (Å²) in [6, 6.07) is 5.70. The second kappa shape index (κ2) is 10.4. The van der Waals surface area contributed by atoms with E-state index >= 15 is 0 Å². The maximum Gasteiger partial charge on any atom is 0.227 e. The highest BCUT2D eigenvalue weighted by Gasteiger charge is 2.33. The predicted octanol–water partition coefficient (Wildman–Crippen LogP) is 3.15. The highest BCUT2D eigenvalue weighted by molar-refractivity contribution is 5.83. The summed E-state index contributed by atoms with van der Waals surface area (Å²) in [5.41, 5.74) is 0.510. The van der Waals surface area contributed by atoms with E-state index in [2.05, 4.69) is 5.32 Å². The van der Waals surface area contributed by atoms with Gasteiger partial charge in [0.25, 0.3) is 0 Å². The van der Waals surface area contributed by atoms with E-state index in [1.165, 1.54) is 0 Å². The van der Waals surface area contributed by atoms with Crippen molar-refractivity contribution >= 4 is 11.8 Å². The van der Waals surface area contributed by atoms with Gasteiger partial charge in [-0.25, -0.2) is 0 Å². The van der Waals surface area contributed by atoms with Crippen LogP contribution in [0.25, 0.3) is 0 Å². The average molecular weight is 433 g/mol. The van der Waals surface area contributed by atoms with Crippen molar-refractivity contribution in [1.82, 2.24) is 10.2 Å². The summed E-state index contributed by atoms with van der Waals surface area (Å²) < 4.78 is 16.9. The topological polar surface area (TPSA) is 77.1 Å². The monoisotopic (exact) mass is 432 g/mol. The molecule has 2 amide bonds. The Bertz CT molecular complexity index is 768. The minimum atomic E-state index is -0.428. The van der Waals surface area contributed by atoms with Gasteiger partial charge in [-0.3, -0.25) is 9.59 Å². The van der Waals surface area contributed by atoms with E-state index < -0.39 is 5.41 Å². The van der Waals surface area contributed by atoms with Gasteiger partial charge >= 0.3 is 0 Å². The van der Waals surface area contributed by atoms with Crippen LogP contribution in [0.2, 0.25) is 0 Å². The first-order valence-corrected chi connectivity index (χ1v) is 11.3. The number of piperidine rings is 1. The van der Waals surface area contributed by atoms with Crippen LogP contribution in [-0.2, 0) is 20.9 Å². The molecule has 2 saturated heterocycles. The Kier molecular flexibility index (Phi) is 7.81. The summed E-state index contributed by atoms with van der Waals surface area (Å²) in [6.45, 7) is 8.68. The van der Waals surface area contributed by atoms with Crippen LogP contribution in [0.15, 0.2) is 18.2 Å². The van der Waals surface area contributed by atoms with Gasteiger partial charge in [-0.1, -0.05) is 26.8 Å². The lowest BCUT2D eigenvalue weighted by molar-refractivity contribution is -0.142. The fourth-order valence-corrected chi connectivity index (χ4v) is 4.08. The van der Waals surface area contributed by atoms with E-state index in [4.69, 9.17) is 14.2 Å². The van der Waals surface area contributed by atoms with E-state index in [0.717, 1.165) is 44.4 Å². The lowest BCUT2D eigenvalue weighted by Crippen LogP contribution is -2.48. The van der Waals surface area contributed by atoms with Crippen LogP contribution in [0.1, 0.15) is 52.0 Å². The number of likely N-dealkylation sites (tertiary alicyclic amines) is 1. The number of methoxy groups -OCH3 is 1. The van der Waals surface area contributed by atoms with Crippen LogP contribution in [0.4, 0.5) is 0 Å². The lowest BCUT2D eigenvalue weighted by atomic mass is 9.91. The van der Waals surface area contributed by atoms with Crippen LogP contribution in [0.3, 0.4) is 0 Å². The van der Waals surface area contributed by atoms with Crippen LogP contribution >= 0.6 is 0 Å². The molecule has 2 aliphatic heterocycles. The molecule has 3 rings (SSSR count). The minimum absolute atomic E-state index is 0.0101. The summed E-state index contributed by atoms with van der Waals surface area (Å²) in [4.78, 5) is 27.1. The van der Waals surface area contributed by atoms with E-state index in [1.54, 1.807) is 7.11 Å². The molecule has 1 aromatic rings. The first kappa shape index (κ1) is 23.4. The Balaban J connectivity index is 1.52. The molecular formula is C24H36N2O5. The normalized spacial score (nSPS) is 21.6. The van der Waals surface area contributed by atoms with Crippen molar-refractivity contribution in [2.75, 3.05) is 33.4 Å². The Morgan fingerprint density at radius 2 is 2.00 bits per heavy atom. The minimum Gasteiger partial charge on any atom is -0.493 e. The number of carbonyl (C=O) groups excluding carboxylic acids is 2. The van der Waals surface area contributed by atoms with Gasteiger partial charge in [0.2, 0.25) is 11.8 Å². The molecule has 1 aromatic carbocycles. The van der Waals surface area contributed by atoms with Gasteiger partial charge < -0.3 is 24.4 Å². The predicted molar refractivity (Wildman–Crippen MR) is 118 cm³/mol. The first-order valence-electron chi connectivity index (χ1n) is 11.3. The Morgan fingerprint density at radius 3 is 2.68 bits per heavy atom. The maximum absolute atomic E-state index is 12.7. The molecule has 2 atom stereocenters. The molecule has 2 aliphatic rings. The van der Waals surface area contributed by atoms with Crippen molar-refractivity contribution in [3.05, 3.63) is 23.8 Å². The number of hydrogen-bond acceptors (Lipinski definition) is 5. The van der Waals surface area contributed by atoms with Crippen LogP contribution < -0.4 is 14.8 Å². The molecule has 0 spiro atoms. The van der Waals surface area contributed by atoms with Gasteiger partial charge in [0.1, 0.15) is 6.61 Å². The number of amides is 2. The second-order valence-electron chi connectivity index (χ2n) is 9.49. The zero-order valence-corrected chi connectivity index (χ0v) is 19.2. The van der Waals surface area contributed by atoms with E-state index in [-0.39, 0.29) is 23.8 Å². The molecule has 2 unspecified atom stereocenters. The SMILES string of the molecule is COc1cc(CNC(=O)C2CCCN(C(=O)C(C)(C)C)C2)ccc1OCC1CCCO1. The summed E-state index contributed by atoms with van der Waals surface area (Å²) in [5.74, 6) is 1.24. The zero-order chi connectivity index (χ0) is 22.4. The molecule has 7 heteroatoms. The molecule has 0 saturated carbocycles. The fraction of sp³-hybridized carbons (Fsp3) is 0.667. The molecule has 31 heavy (non-hydrogen) atoms. The summed E-state index contributed by atoms with van der Waals surface area (Å²) in [6.07, 6.45) is 3.90. The molecule has 2 fully saturated rings. The number of nitrogens with zero attached hydrogens (tertiary/aromatic N) is 1. The largest absolute Gasteiger partial charge is 0.493 e. The second-order valence-corrected chi connectivity index (χ2v) is 9.49. The third kappa shape index (κ3) is 6.35. The number of rotatable bonds is 7. The van der Waals surface area contributed by atoms with Crippen LogP contribution in [0.5, 0.6) is 11.5 Å². The maximum atomic E-state index is 12.7. The summed E-state index contributed by atoms with van der Waals surface area (Å²) in [5, 5.41) is 3.02. The number of benzene rings is 1. The van der Waals surface area contributed by atoms with Crippen molar-refractivity contribution in [1.29, 1.82) is 0 Å². The van der Waals surface area contributed by atoms with Crippen molar-refractivity contribution in [3.63, 3.8) is 0 Å². The molecule has 0 radical (unpaired) electrons. The van der Waals surface area contributed by atoms with Gasteiger partial charge in [0.05, 0.1) is 19.1 Å². The number of nitrogens with one attached hydrogen (secondary N) is 1. The summed E-state index contributed by atoms with van der Waals surface area (Å²) in [7, 11) is 1.61. The van der Waals surface area contributed by atoms with E-state index in [9.17, 15) is 9.59 Å². The van der Waals surface area contributed by atoms with Gasteiger partial charge in [-0.2, -0.15) is 0 Å². The average Bonchev–Trinajstić information content (AvgIpc) is 3.28. The zero-order valence-electron chi connectivity index (χ0n) is 19.2. The molecule has 0 aromatic heterocycles. The molecule has 7 nitrogen and oxygen atoms in total. The third-order valence-corrected chi connectivity index (χ3v) is 5.86. The smallest absolute Gasteiger partial charge is 0.227 e. The van der Waals surface area contributed by atoms with Gasteiger partial charge in [-0.15, -0.1) is 0 Å². The molecule has 0 bridgehead atoms. The van der Waals surface area contributed by atoms with Crippen molar-refractivity contribution < 1.29 is 23.8 Å². The van der Waals surface area contributed by atoms with E-state index in [0.29, 0.717) is 31.2 Å². The Hall–Kier alpha value is -2.28. The van der Waals surface area contributed by atoms with E-state index in [1.807, 2.05) is 43.9 Å².